The molecule has 0 saturated carbocycles. The van der Waals surface area contributed by atoms with Crippen molar-refractivity contribution in [1.29, 1.82) is 0 Å². The van der Waals surface area contributed by atoms with Gasteiger partial charge >= 0.3 is 0 Å². The monoisotopic (exact) mass is 353 g/mol. The van der Waals surface area contributed by atoms with Gasteiger partial charge in [0.25, 0.3) is 0 Å². The Morgan fingerprint density at radius 1 is 0.815 bits per heavy atom. The summed E-state index contributed by atoms with van der Waals surface area (Å²) in [6.45, 7) is 3.12. The first-order valence-corrected chi connectivity index (χ1v) is 9.56. The third-order valence-corrected chi connectivity index (χ3v) is 5.13. The smallest absolute Gasteiger partial charge is 0.151 e. The van der Waals surface area contributed by atoms with Crippen molar-refractivity contribution in [3.63, 3.8) is 0 Å². The zero-order chi connectivity index (χ0) is 18.6. The van der Waals surface area contributed by atoms with E-state index >= 15 is 0 Å². The van der Waals surface area contributed by atoms with Crippen molar-refractivity contribution in [2.75, 3.05) is 11.9 Å². The lowest BCUT2D eigenvalue weighted by atomic mass is 9.90. The first kappa shape index (κ1) is 17.3. The highest BCUT2D eigenvalue weighted by Gasteiger charge is 2.14. The van der Waals surface area contributed by atoms with Crippen molar-refractivity contribution in [3.8, 4) is 11.1 Å². The minimum Gasteiger partial charge on any atom is -0.385 e. The zero-order valence-electron chi connectivity index (χ0n) is 15.5. The van der Waals surface area contributed by atoms with Gasteiger partial charge in [-0.2, -0.15) is 0 Å². The third kappa shape index (κ3) is 3.19. The molecule has 0 radical (unpaired) electrons. The fourth-order valence-electron chi connectivity index (χ4n) is 3.75. The maximum absolute atomic E-state index is 12.1. The van der Waals surface area contributed by atoms with Gasteiger partial charge in [0.1, 0.15) is 0 Å². The third-order valence-electron chi connectivity index (χ3n) is 5.13. The molecular weight excluding hydrogens is 330 g/mol. The summed E-state index contributed by atoms with van der Waals surface area (Å²) in [5, 5.41) is 8.02. The van der Waals surface area contributed by atoms with Crippen LogP contribution in [-0.2, 0) is 0 Å². The topological polar surface area (TPSA) is 29.1 Å². The lowest BCUT2D eigenvalue weighted by molar-refractivity contribution is 0.112. The molecule has 0 saturated heterocycles. The minimum absolute atomic E-state index is 0.753. The lowest BCUT2D eigenvalue weighted by Crippen LogP contribution is -2.03. The Balaban J connectivity index is 2.00. The predicted molar refractivity (Wildman–Crippen MR) is 116 cm³/mol. The van der Waals surface area contributed by atoms with Gasteiger partial charge in [0.05, 0.1) is 0 Å². The van der Waals surface area contributed by atoms with Crippen LogP contribution in [0.2, 0.25) is 0 Å². The Labute approximate surface area is 159 Å². The van der Waals surface area contributed by atoms with Crippen LogP contribution in [-0.4, -0.2) is 12.8 Å². The van der Waals surface area contributed by atoms with Crippen molar-refractivity contribution in [2.24, 2.45) is 0 Å². The van der Waals surface area contributed by atoms with Crippen molar-refractivity contribution in [3.05, 3.63) is 78.4 Å². The quantitative estimate of drug-likeness (QED) is 0.309. The van der Waals surface area contributed by atoms with Gasteiger partial charge in [0, 0.05) is 23.2 Å². The van der Waals surface area contributed by atoms with Crippen molar-refractivity contribution >= 4 is 33.5 Å². The highest BCUT2D eigenvalue weighted by Crippen LogP contribution is 2.37. The Morgan fingerprint density at radius 3 is 2.30 bits per heavy atom. The number of nitrogens with one attached hydrogen (secondary N) is 1. The molecule has 0 aliphatic carbocycles. The molecule has 0 atom stereocenters. The number of anilines is 1. The van der Waals surface area contributed by atoms with E-state index in [4.69, 9.17) is 0 Å². The predicted octanol–water partition coefficient (Wildman–Crippen LogP) is 6.68. The van der Waals surface area contributed by atoms with Gasteiger partial charge in [-0.3, -0.25) is 4.79 Å². The molecule has 134 valence electrons. The number of hydrogen-bond acceptors (Lipinski definition) is 2. The molecule has 0 bridgehead atoms. The Kier molecular flexibility index (Phi) is 4.88. The number of fused-ring (bicyclic) bond motifs is 2. The molecular formula is C25H23NO. The van der Waals surface area contributed by atoms with Gasteiger partial charge in [-0.15, -0.1) is 0 Å². The van der Waals surface area contributed by atoms with E-state index in [9.17, 15) is 4.79 Å². The normalized spacial score (nSPS) is 11.0. The van der Waals surface area contributed by atoms with Gasteiger partial charge < -0.3 is 5.32 Å². The van der Waals surface area contributed by atoms with Crippen LogP contribution in [0.5, 0.6) is 0 Å². The average Bonchev–Trinajstić information content (AvgIpc) is 2.73. The van der Waals surface area contributed by atoms with Crippen LogP contribution in [0.3, 0.4) is 0 Å². The van der Waals surface area contributed by atoms with E-state index in [-0.39, 0.29) is 0 Å². The fraction of sp³-hybridized carbons (Fsp3) is 0.160. The van der Waals surface area contributed by atoms with Crippen LogP contribution in [0.1, 0.15) is 30.1 Å². The number of aldehydes is 1. The number of rotatable bonds is 6. The summed E-state index contributed by atoms with van der Waals surface area (Å²) in [6.07, 6.45) is 3.26. The molecule has 4 aromatic carbocycles. The highest BCUT2D eigenvalue weighted by atomic mass is 16.1. The minimum atomic E-state index is 0.753. The Bertz CT molecular complexity index is 1110. The first-order valence-electron chi connectivity index (χ1n) is 9.56. The van der Waals surface area contributed by atoms with Crippen LogP contribution < -0.4 is 5.32 Å². The summed E-state index contributed by atoms with van der Waals surface area (Å²) in [5.41, 5.74) is 3.93. The van der Waals surface area contributed by atoms with Crippen LogP contribution in [0, 0.1) is 0 Å². The molecule has 4 rings (SSSR count). The van der Waals surface area contributed by atoms with E-state index in [1.165, 1.54) is 5.39 Å². The molecule has 0 fully saturated rings. The summed E-state index contributed by atoms with van der Waals surface area (Å²) < 4.78 is 0. The van der Waals surface area contributed by atoms with Gasteiger partial charge in [-0.1, -0.05) is 80.1 Å². The van der Waals surface area contributed by atoms with Gasteiger partial charge in [0.2, 0.25) is 0 Å². The van der Waals surface area contributed by atoms with E-state index in [0.29, 0.717) is 0 Å². The number of carbonyl (C=O) groups excluding carboxylic acids is 1. The largest absolute Gasteiger partial charge is 0.385 e. The molecule has 4 aromatic rings. The molecule has 0 amide bonds. The summed E-state index contributed by atoms with van der Waals surface area (Å²) in [4.78, 5) is 12.1. The molecule has 2 heteroatoms. The van der Waals surface area contributed by atoms with E-state index in [1.807, 2.05) is 30.3 Å². The van der Waals surface area contributed by atoms with Crippen LogP contribution in [0.25, 0.3) is 32.7 Å². The standard InChI is InChI=1S/C25H23NO/c1-2-3-15-26-25-16-23(24(17-27)21-12-6-7-13-22(21)25)20-14-8-10-18-9-4-5-11-19(18)20/h4-14,16-17,26H,2-3,15H2,1H3. The second-order valence-corrected chi connectivity index (χ2v) is 6.86. The van der Waals surface area contributed by atoms with E-state index in [1.54, 1.807) is 0 Å². The highest BCUT2D eigenvalue weighted by molar-refractivity contribution is 6.12. The molecule has 1 N–H and O–H groups in total. The molecule has 0 aliphatic rings. The first-order chi connectivity index (χ1) is 13.3. The van der Waals surface area contributed by atoms with Crippen molar-refractivity contribution in [1.82, 2.24) is 0 Å². The zero-order valence-corrected chi connectivity index (χ0v) is 15.5. The number of unbranched alkanes of at least 4 members (excludes halogenated alkanes) is 1. The Hall–Kier alpha value is -3.13. The van der Waals surface area contributed by atoms with E-state index in [0.717, 1.165) is 64.2 Å². The fourth-order valence-corrected chi connectivity index (χ4v) is 3.75. The molecule has 0 spiro atoms. The second-order valence-electron chi connectivity index (χ2n) is 6.86. The van der Waals surface area contributed by atoms with Crippen molar-refractivity contribution < 1.29 is 4.79 Å². The molecule has 0 aliphatic heterocycles. The summed E-state index contributed by atoms with van der Waals surface area (Å²) in [7, 11) is 0. The lowest BCUT2D eigenvalue weighted by Gasteiger charge is -2.16. The molecule has 27 heavy (non-hydrogen) atoms. The van der Waals surface area contributed by atoms with E-state index < -0.39 is 0 Å². The number of carbonyl (C=O) groups is 1. The van der Waals surface area contributed by atoms with Gasteiger partial charge in [0.15, 0.2) is 6.29 Å². The summed E-state index contributed by atoms with van der Waals surface area (Å²) >= 11 is 0. The van der Waals surface area contributed by atoms with Crippen LogP contribution >= 0.6 is 0 Å². The average molecular weight is 353 g/mol. The molecule has 2 nitrogen and oxygen atoms in total. The molecule has 0 heterocycles. The maximum Gasteiger partial charge on any atom is 0.151 e. The van der Waals surface area contributed by atoms with Crippen molar-refractivity contribution in [2.45, 2.75) is 19.8 Å². The van der Waals surface area contributed by atoms with Gasteiger partial charge in [-0.25, -0.2) is 0 Å². The second kappa shape index (κ2) is 7.63. The summed E-state index contributed by atoms with van der Waals surface area (Å²) in [6, 6.07) is 24.9. The maximum atomic E-state index is 12.1. The van der Waals surface area contributed by atoms with E-state index in [2.05, 4.69) is 54.7 Å². The SMILES string of the molecule is CCCCNc1cc(-c2cccc3ccccc23)c(C=O)c2ccccc12. The van der Waals surface area contributed by atoms with Crippen LogP contribution in [0.4, 0.5) is 5.69 Å². The summed E-state index contributed by atoms with van der Waals surface area (Å²) in [5.74, 6) is 0. The molecule has 0 aromatic heterocycles. The number of hydrogen-bond donors (Lipinski definition) is 1. The Morgan fingerprint density at radius 2 is 1.52 bits per heavy atom. The van der Waals surface area contributed by atoms with Crippen LogP contribution in [0.15, 0.2) is 72.8 Å². The number of benzene rings is 4. The van der Waals surface area contributed by atoms with Gasteiger partial charge in [-0.05, 0) is 39.8 Å². The molecule has 0 unspecified atom stereocenters.